The van der Waals surface area contributed by atoms with Crippen molar-refractivity contribution in [3.63, 3.8) is 0 Å². The van der Waals surface area contributed by atoms with E-state index in [0.29, 0.717) is 4.88 Å². The normalized spacial score (nSPS) is 11.4. The van der Waals surface area contributed by atoms with Gasteiger partial charge < -0.3 is 5.11 Å². The first-order chi connectivity index (χ1) is 9.70. The number of nitrogens with one attached hydrogen (secondary N) is 1. The zero-order valence-electron chi connectivity index (χ0n) is 11.2. The molecule has 1 aromatic carbocycles. The van der Waals surface area contributed by atoms with Crippen molar-refractivity contribution in [1.82, 2.24) is 0 Å². The number of sulfonamides is 1. The summed E-state index contributed by atoms with van der Waals surface area (Å²) < 4.78 is 27.1. The van der Waals surface area contributed by atoms with E-state index in [1.54, 1.807) is 19.9 Å². The molecule has 0 aliphatic rings. The lowest BCUT2D eigenvalue weighted by Gasteiger charge is -2.10. The Kier molecular flexibility index (Phi) is 4.27. The number of carbonyl (C=O) groups is 1. The van der Waals surface area contributed by atoms with E-state index < -0.39 is 16.0 Å². The average molecular weight is 346 g/mol. The number of benzene rings is 1. The standard InChI is InChI=1S/C13H12ClNO4S2/c1-7-5-12(8(2)20-7)21(18,19)15-11-6-9(14)3-4-10(11)13(16)17/h3-6,15H,1-2H3,(H,16,17). The molecule has 1 aromatic heterocycles. The smallest absolute Gasteiger partial charge is 0.337 e. The van der Waals surface area contributed by atoms with Gasteiger partial charge in [-0.2, -0.15) is 0 Å². The highest BCUT2D eigenvalue weighted by Crippen LogP contribution is 2.29. The Labute approximate surface area is 131 Å². The Morgan fingerprint density at radius 1 is 1.29 bits per heavy atom. The van der Waals surface area contributed by atoms with Crippen molar-refractivity contribution in [1.29, 1.82) is 0 Å². The van der Waals surface area contributed by atoms with Crippen LogP contribution in [-0.4, -0.2) is 19.5 Å². The summed E-state index contributed by atoms with van der Waals surface area (Å²) in [5, 5.41) is 9.35. The summed E-state index contributed by atoms with van der Waals surface area (Å²) in [5.74, 6) is -1.23. The van der Waals surface area contributed by atoms with Crippen LogP contribution in [0.4, 0.5) is 5.69 Å². The number of aryl methyl sites for hydroxylation is 2. The number of carboxylic acid groups (broad SMARTS) is 1. The van der Waals surface area contributed by atoms with E-state index in [9.17, 15) is 13.2 Å². The second-order valence-corrected chi connectivity index (χ2v) is 7.93. The molecule has 0 spiro atoms. The molecule has 0 amide bonds. The largest absolute Gasteiger partial charge is 0.478 e. The molecule has 0 saturated heterocycles. The number of thiophene rings is 1. The number of hydrogen-bond donors (Lipinski definition) is 2. The molecular formula is C13H12ClNO4S2. The second kappa shape index (κ2) is 5.67. The summed E-state index contributed by atoms with van der Waals surface area (Å²) in [4.78, 5) is 12.8. The molecule has 0 aliphatic heterocycles. The molecule has 0 fully saturated rings. The number of halogens is 1. The van der Waals surface area contributed by atoms with Gasteiger partial charge in [0.2, 0.25) is 0 Å². The SMILES string of the molecule is Cc1cc(S(=O)(=O)Nc2cc(Cl)ccc2C(=O)O)c(C)s1. The number of aromatic carboxylic acids is 1. The lowest BCUT2D eigenvalue weighted by Crippen LogP contribution is -2.15. The van der Waals surface area contributed by atoms with Gasteiger partial charge in [0, 0.05) is 14.8 Å². The van der Waals surface area contributed by atoms with Crippen LogP contribution in [0.15, 0.2) is 29.2 Å². The third-order valence-corrected chi connectivity index (χ3v) is 5.56. The van der Waals surface area contributed by atoms with Crippen molar-refractivity contribution in [2.45, 2.75) is 18.7 Å². The Morgan fingerprint density at radius 2 is 1.95 bits per heavy atom. The highest BCUT2D eigenvalue weighted by atomic mass is 35.5. The third-order valence-electron chi connectivity index (χ3n) is 2.74. The number of carboxylic acids is 1. The maximum atomic E-state index is 12.4. The van der Waals surface area contributed by atoms with Crippen molar-refractivity contribution in [3.8, 4) is 0 Å². The van der Waals surface area contributed by atoms with Crippen LogP contribution in [-0.2, 0) is 10.0 Å². The second-order valence-electron chi connectivity index (χ2n) is 4.38. The Morgan fingerprint density at radius 3 is 2.48 bits per heavy atom. The van der Waals surface area contributed by atoms with Crippen LogP contribution in [0, 0.1) is 13.8 Å². The van der Waals surface area contributed by atoms with Crippen LogP contribution in [0.3, 0.4) is 0 Å². The topological polar surface area (TPSA) is 83.5 Å². The van der Waals surface area contributed by atoms with Crippen LogP contribution in [0.1, 0.15) is 20.1 Å². The molecule has 1 heterocycles. The first kappa shape index (κ1) is 15.8. The van der Waals surface area contributed by atoms with E-state index in [1.165, 1.54) is 29.5 Å². The molecule has 2 aromatic rings. The van der Waals surface area contributed by atoms with Gasteiger partial charge >= 0.3 is 5.97 Å². The van der Waals surface area contributed by atoms with Gasteiger partial charge in [-0.05, 0) is 38.1 Å². The fourth-order valence-electron chi connectivity index (χ4n) is 1.86. The lowest BCUT2D eigenvalue weighted by atomic mass is 10.2. The summed E-state index contributed by atoms with van der Waals surface area (Å²) in [6.07, 6.45) is 0. The van der Waals surface area contributed by atoms with E-state index in [1.807, 2.05) is 0 Å². The first-order valence-corrected chi connectivity index (χ1v) is 8.51. The van der Waals surface area contributed by atoms with Crippen molar-refractivity contribution >= 4 is 44.6 Å². The summed E-state index contributed by atoms with van der Waals surface area (Å²) in [7, 11) is -3.86. The summed E-state index contributed by atoms with van der Waals surface area (Å²) >= 11 is 7.16. The first-order valence-electron chi connectivity index (χ1n) is 5.83. The van der Waals surface area contributed by atoms with Gasteiger partial charge in [0.1, 0.15) is 4.90 Å². The van der Waals surface area contributed by atoms with Crippen LogP contribution in [0.25, 0.3) is 0 Å². The van der Waals surface area contributed by atoms with Gasteiger partial charge in [0.15, 0.2) is 0 Å². The van der Waals surface area contributed by atoms with Crippen molar-refractivity contribution in [3.05, 3.63) is 44.6 Å². The number of rotatable bonds is 4. The van der Waals surface area contributed by atoms with Gasteiger partial charge in [-0.15, -0.1) is 11.3 Å². The predicted octanol–water partition coefficient (Wildman–Crippen LogP) is 3.52. The van der Waals surface area contributed by atoms with E-state index in [2.05, 4.69) is 4.72 Å². The molecule has 21 heavy (non-hydrogen) atoms. The quantitative estimate of drug-likeness (QED) is 0.888. The summed E-state index contributed by atoms with van der Waals surface area (Å²) in [6, 6.07) is 5.47. The molecule has 2 rings (SSSR count). The number of anilines is 1. The van der Waals surface area contributed by atoms with Crippen LogP contribution in [0.2, 0.25) is 5.02 Å². The molecule has 8 heteroatoms. The molecular weight excluding hydrogens is 334 g/mol. The predicted molar refractivity (Wildman–Crippen MR) is 83.0 cm³/mol. The van der Waals surface area contributed by atoms with Crippen molar-refractivity contribution in [2.24, 2.45) is 0 Å². The molecule has 112 valence electrons. The highest BCUT2D eigenvalue weighted by Gasteiger charge is 2.22. The fraction of sp³-hybridized carbons (Fsp3) is 0.154. The van der Waals surface area contributed by atoms with E-state index in [0.717, 1.165) is 4.88 Å². The molecule has 0 atom stereocenters. The zero-order chi connectivity index (χ0) is 15.8. The maximum absolute atomic E-state index is 12.4. The summed E-state index contributed by atoms with van der Waals surface area (Å²) in [6.45, 7) is 3.50. The highest BCUT2D eigenvalue weighted by molar-refractivity contribution is 7.93. The Bertz CT molecular complexity index is 812. The summed E-state index contributed by atoms with van der Waals surface area (Å²) in [5.41, 5.74) is -0.217. The minimum absolute atomic E-state index is 0.0572. The number of hydrogen-bond acceptors (Lipinski definition) is 4. The lowest BCUT2D eigenvalue weighted by molar-refractivity contribution is 0.0698. The van der Waals surface area contributed by atoms with E-state index >= 15 is 0 Å². The van der Waals surface area contributed by atoms with Crippen molar-refractivity contribution < 1.29 is 18.3 Å². The van der Waals surface area contributed by atoms with Crippen LogP contribution in [0.5, 0.6) is 0 Å². The monoisotopic (exact) mass is 345 g/mol. The molecule has 0 saturated carbocycles. The van der Waals surface area contributed by atoms with E-state index in [4.69, 9.17) is 16.7 Å². The molecule has 0 bridgehead atoms. The molecule has 2 N–H and O–H groups in total. The van der Waals surface area contributed by atoms with Crippen molar-refractivity contribution in [2.75, 3.05) is 4.72 Å². The van der Waals surface area contributed by atoms with Crippen LogP contribution < -0.4 is 4.72 Å². The Hall–Kier alpha value is -1.57. The average Bonchev–Trinajstić information content (AvgIpc) is 2.68. The van der Waals surface area contributed by atoms with Gasteiger partial charge in [0.25, 0.3) is 10.0 Å². The third kappa shape index (κ3) is 3.37. The van der Waals surface area contributed by atoms with Gasteiger partial charge in [-0.1, -0.05) is 11.6 Å². The minimum Gasteiger partial charge on any atom is -0.478 e. The molecule has 0 aliphatic carbocycles. The molecule has 0 radical (unpaired) electrons. The molecule has 5 nitrogen and oxygen atoms in total. The maximum Gasteiger partial charge on any atom is 0.337 e. The zero-order valence-corrected chi connectivity index (χ0v) is 13.6. The molecule has 0 unspecified atom stereocenters. The van der Waals surface area contributed by atoms with Gasteiger partial charge in [-0.25, -0.2) is 13.2 Å². The van der Waals surface area contributed by atoms with Gasteiger partial charge in [0.05, 0.1) is 11.3 Å². The van der Waals surface area contributed by atoms with E-state index in [-0.39, 0.29) is 21.2 Å². The fourth-order valence-corrected chi connectivity index (χ4v) is 4.66. The van der Waals surface area contributed by atoms with Crippen LogP contribution >= 0.6 is 22.9 Å². The van der Waals surface area contributed by atoms with Gasteiger partial charge in [-0.3, -0.25) is 4.72 Å². The minimum atomic E-state index is -3.86. The Balaban J connectivity index is 2.48.